The van der Waals surface area contributed by atoms with Gasteiger partial charge in [0.15, 0.2) is 5.69 Å². The summed E-state index contributed by atoms with van der Waals surface area (Å²) in [5, 5.41) is 7.93. The summed E-state index contributed by atoms with van der Waals surface area (Å²) in [6.07, 6.45) is -1.95. The van der Waals surface area contributed by atoms with Crippen molar-refractivity contribution in [1.29, 1.82) is 0 Å². The van der Waals surface area contributed by atoms with Gasteiger partial charge in [-0.25, -0.2) is 4.79 Å². The van der Waals surface area contributed by atoms with Crippen molar-refractivity contribution in [1.82, 2.24) is 24.2 Å². The molecule has 39 heavy (non-hydrogen) atoms. The quantitative estimate of drug-likeness (QED) is 0.352. The van der Waals surface area contributed by atoms with Gasteiger partial charge in [0.25, 0.3) is 5.56 Å². The molecule has 0 unspecified atom stereocenters. The van der Waals surface area contributed by atoms with Crippen molar-refractivity contribution in [2.75, 3.05) is 13.1 Å². The molecule has 0 spiro atoms. The average Bonchev–Trinajstić information content (AvgIpc) is 3.00. The second kappa shape index (κ2) is 9.55. The summed E-state index contributed by atoms with van der Waals surface area (Å²) in [6, 6.07) is 10.8. The van der Waals surface area contributed by atoms with Gasteiger partial charge in [-0.1, -0.05) is 6.07 Å². The van der Waals surface area contributed by atoms with Gasteiger partial charge in [-0.15, -0.1) is 10.2 Å². The van der Waals surface area contributed by atoms with Crippen LogP contribution in [0.3, 0.4) is 0 Å². The molecular formula is C28H28F3N5O3. The lowest BCUT2D eigenvalue weighted by Crippen LogP contribution is -2.38. The third-order valence-corrected chi connectivity index (χ3v) is 6.77. The predicted octanol–water partition coefficient (Wildman–Crippen LogP) is 5.14. The monoisotopic (exact) mass is 539 g/mol. The van der Waals surface area contributed by atoms with Crippen LogP contribution in [0.25, 0.3) is 27.8 Å². The maximum absolute atomic E-state index is 13.0. The fraction of sp³-hybridized carbons (Fsp3) is 0.357. The molecule has 0 atom stereocenters. The lowest BCUT2D eigenvalue weighted by atomic mass is 10.1. The van der Waals surface area contributed by atoms with E-state index in [9.17, 15) is 22.8 Å². The molecule has 3 aromatic heterocycles. The highest BCUT2D eigenvalue weighted by Crippen LogP contribution is 2.31. The van der Waals surface area contributed by atoms with Crippen LogP contribution < -0.4 is 5.56 Å². The van der Waals surface area contributed by atoms with Crippen LogP contribution in [0.4, 0.5) is 18.0 Å². The minimum absolute atomic E-state index is 0.175. The number of halogens is 3. The lowest BCUT2D eigenvalue weighted by molar-refractivity contribution is -0.141. The van der Waals surface area contributed by atoms with Gasteiger partial charge in [0.05, 0.1) is 16.9 Å². The smallest absolute Gasteiger partial charge is 0.435 e. The molecule has 0 radical (unpaired) electrons. The Bertz CT molecular complexity index is 1620. The van der Waals surface area contributed by atoms with Crippen LogP contribution in [0.5, 0.6) is 0 Å². The molecule has 1 aliphatic rings. The Hall–Kier alpha value is -4.15. The minimum Gasteiger partial charge on any atom is -0.444 e. The summed E-state index contributed by atoms with van der Waals surface area (Å²) >= 11 is 0. The first kappa shape index (κ1) is 26.5. The first-order valence-corrected chi connectivity index (χ1v) is 12.5. The van der Waals surface area contributed by atoms with Crippen molar-refractivity contribution >= 4 is 17.0 Å². The van der Waals surface area contributed by atoms with E-state index in [1.165, 1.54) is 22.3 Å². The number of ether oxygens (including phenoxy) is 1. The average molecular weight is 540 g/mol. The van der Waals surface area contributed by atoms with Crippen LogP contribution in [-0.2, 0) is 30.8 Å². The minimum atomic E-state index is -4.58. The number of rotatable bonds is 2. The Morgan fingerprint density at radius 3 is 2.36 bits per heavy atom. The van der Waals surface area contributed by atoms with Crippen LogP contribution in [-0.4, -0.2) is 49.0 Å². The van der Waals surface area contributed by atoms with Gasteiger partial charge in [-0.3, -0.25) is 9.36 Å². The normalized spacial score (nSPS) is 14.3. The van der Waals surface area contributed by atoms with Crippen LogP contribution in [0, 0.1) is 0 Å². The van der Waals surface area contributed by atoms with E-state index >= 15 is 0 Å². The first-order valence-electron chi connectivity index (χ1n) is 12.5. The van der Waals surface area contributed by atoms with Crippen LogP contribution in [0.2, 0.25) is 0 Å². The molecular weight excluding hydrogens is 511 g/mol. The highest BCUT2D eigenvalue weighted by Gasteiger charge is 2.33. The highest BCUT2D eigenvalue weighted by molar-refractivity contribution is 5.87. The van der Waals surface area contributed by atoms with Crippen molar-refractivity contribution in [3.63, 3.8) is 0 Å². The maximum atomic E-state index is 13.0. The van der Waals surface area contributed by atoms with E-state index < -0.39 is 17.5 Å². The Labute approximate surface area is 222 Å². The van der Waals surface area contributed by atoms with Gasteiger partial charge in [-0.2, -0.15) is 13.2 Å². The zero-order valence-corrected chi connectivity index (χ0v) is 22.0. The number of benzene rings is 1. The van der Waals surface area contributed by atoms with Crippen LogP contribution in [0.15, 0.2) is 53.5 Å². The summed E-state index contributed by atoms with van der Waals surface area (Å²) in [6.45, 7) is 6.65. The molecule has 1 aromatic carbocycles. The molecule has 4 aromatic rings. The number of fused-ring (bicyclic) bond motifs is 3. The molecule has 11 heteroatoms. The first-order chi connectivity index (χ1) is 18.3. The van der Waals surface area contributed by atoms with Crippen LogP contribution >= 0.6 is 0 Å². The standard InChI is InChI=1S/C28H28F3N5O3/c1-27(2,3)39-26(38)35-12-10-20-19-6-5-18(16-23(19)34(4)22(20)11-13-35)36-14-9-17(15-25(36)37)21-7-8-24(33-32-21)28(29,30)31/h5-9,14-16H,10-13H2,1-4H3. The zero-order chi connectivity index (χ0) is 28.1. The van der Waals surface area contributed by atoms with E-state index in [1.54, 1.807) is 17.2 Å². The summed E-state index contributed by atoms with van der Waals surface area (Å²) in [5.74, 6) is 0. The van der Waals surface area contributed by atoms with E-state index in [0.717, 1.165) is 22.7 Å². The number of carbonyl (C=O) groups excluding carboxylic acids is 1. The molecule has 0 saturated carbocycles. The Morgan fingerprint density at radius 1 is 0.974 bits per heavy atom. The number of aromatic nitrogens is 4. The van der Waals surface area contributed by atoms with Gasteiger partial charge in [0.2, 0.25) is 0 Å². The van der Waals surface area contributed by atoms with Gasteiger partial charge in [-0.05, 0) is 63.1 Å². The van der Waals surface area contributed by atoms with E-state index in [0.29, 0.717) is 37.2 Å². The number of hydrogen-bond donors (Lipinski definition) is 0. The molecule has 1 aliphatic heterocycles. The fourth-order valence-electron chi connectivity index (χ4n) is 4.90. The molecule has 5 rings (SSSR count). The molecule has 4 heterocycles. The number of hydrogen-bond acceptors (Lipinski definition) is 5. The third kappa shape index (κ3) is 5.25. The number of carbonyl (C=O) groups is 1. The van der Waals surface area contributed by atoms with Crippen molar-refractivity contribution in [2.24, 2.45) is 7.05 Å². The number of pyridine rings is 1. The zero-order valence-electron chi connectivity index (χ0n) is 22.0. The summed E-state index contributed by atoms with van der Waals surface area (Å²) in [5.41, 5.74) is 2.49. The van der Waals surface area contributed by atoms with E-state index in [-0.39, 0.29) is 17.3 Å². The molecule has 1 amide bonds. The van der Waals surface area contributed by atoms with Crippen molar-refractivity contribution < 1.29 is 22.7 Å². The topological polar surface area (TPSA) is 82.3 Å². The Morgan fingerprint density at radius 2 is 1.72 bits per heavy atom. The second-order valence-electron chi connectivity index (χ2n) is 10.6. The van der Waals surface area contributed by atoms with Gasteiger partial charge in [0, 0.05) is 55.5 Å². The molecule has 0 aliphatic carbocycles. The molecule has 204 valence electrons. The van der Waals surface area contributed by atoms with Crippen molar-refractivity contribution in [3.05, 3.63) is 76.0 Å². The lowest BCUT2D eigenvalue weighted by Gasteiger charge is -2.26. The highest BCUT2D eigenvalue weighted by atomic mass is 19.4. The molecule has 8 nitrogen and oxygen atoms in total. The SMILES string of the molecule is Cn1c2c(c3ccc(-n4ccc(-c5ccc(C(F)(F)F)nn5)cc4=O)cc31)CCN(C(=O)OC(C)(C)C)CC2. The number of aryl methyl sites for hydroxylation is 1. The van der Waals surface area contributed by atoms with Gasteiger partial charge < -0.3 is 14.2 Å². The molecule has 0 bridgehead atoms. The molecule has 0 N–H and O–H groups in total. The maximum Gasteiger partial charge on any atom is 0.435 e. The number of amides is 1. The summed E-state index contributed by atoms with van der Waals surface area (Å²) in [4.78, 5) is 27.3. The summed E-state index contributed by atoms with van der Waals surface area (Å²) < 4.78 is 47.5. The van der Waals surface area contributed by atoms with Gasteiger partial charge in [0.1, 0.15) is 5.60 Å². The molecule has 0 saturated heterocycles. The van der Waals surface area contributed by atoms with Gasteiger partial charge >= 0.3 is 12.3 Å². The Kier molecular flexibility index (Phi) is 6.48. The second-order valence-corrected chi connectivity index (χ2v) is 10.6. The van der Waals surface area contributed by atoms with E-state index in [2.05, 4.69) is 14.8 Å². The predicted molar refractivity (Wildman–Crippen MR) is 140 cm³/mol. The largest absolute Gasteiger partial charge is 0.444 e. The van der Waals surface area contributed by atoms with E-state index in [4.69, 9.17) is 4.74 Å². The fourth-order valence-corrected chi connectivity index (χ4v) is 4.90. The Balaban J connectivity index is 1.41. The van der Waals surface area contributed by atoms with Crippen molar-refractivity contribution in [2.45, 2.75) is 45.4 Å². The van der Waals surface area contributed by atoms with Crippen molar-refractivity contribution in [3.8, 4) is 16.9 Å². The summed E-state index contributed by atoms with van der Waals surface area (Å²) in [7, 11) is 1.98. The van der Waals surface area contributed by atoms with E-state index in [1.807, 2.05) is 46.0 Å². The third-order valence-electron chi connectivity index (χ3n) is 6.77. The number of alkyl halides is 3. The van der Waals surface area contributed by atoms with Crippen LogP contribution in [0.1, 0.15) is 37.7 Å². The number of nitrogens with zero attached hydrogens (tertiary/aromatic N) is 5. The molecule has 0 fully saturated rings.